The van der Waals surface area contributed by atoms with Gasteiger partial charge in [0, 0.05) is 30.2 Å². The first-order valence-electron chi connectivity index (χ1n) is 5.76. The van der Waals surface area contributed by atoms with E-state index in [-0.39, 0.29) is 11.2 Å². The number of carbonyl (C=O) groups excluding carboxylic acids is 1. The number of hydrogen-bond donors (Lipinski definition) is 1. The SMILES string of the molecule is C[C@@H](Sc1nccn1C)C(=O)Nc1ccc(Cl)cc1. The maximum Gasteiger partial charge on any atom is 0.237 e. The Bertz CT molecular complexity index is 568. The molecule has 0 aliphatic heterocycles. The smallest absolute Gasteiger partial charge is 0.237 e. The molecule has 1 N–H and O–H groups in total. The second-order valence-corrected chi connectivity index (χ2v) is 5.82. The van der Waals surface area contributed by atoms with Gasteiger partial charge in [0.1, 0.15) is 0 Å². The first kappa shape index (κ1) is 14.0. The molecule has 1 amide bonds. The van der Waals surface area contributed by atoms with Gasteiger partial charge in [-0.3, -0.25) is 4.79 Å². The average Bonchev–Trinajstić information content (AvgIpc) is 2.78. The summed E-state index contributed by atoms with van der Waals surface area (Å²) in [6.45, 7) is 1.85. The number of thioether (sulfide) groups is 1. The quantitative estimate of drug-likeness (QED) is 0.881. The third-order valence-corrected chi connectivity index (χ3v) is 3.96. The van der Waals surface area contributed by atoms with Crippen molar-refractivity contribution in [1.82, 2.24) is 9.55 Å². The number of rotatable bonds is 4. The van der Waals surface area contributed by atoms with Crippen molar-refractivity contribution in [2.24, 2.45) is 7.05 Å². The molecule has 1 aromatic heterocycles. The minimum Gasteiger partial charge on any atom is -0.329 e. The minimum atomic E-state index is -0.225. The van der Waals surface area contributed by atoms with Crippen LogP contribution in [-0.4, -0.2) is 20.7 Å². The molecule has 100 valence electrons. The van der Waals surface area contributed by atoms with Gasteiger partial charge in [-0.05, 0) is 31.2 Å². The first-order valence-corrected chi connectivity index (χ1v) is 7.02. The highest BCUT2D eigenvalue weighted by atomic mass is 35.5. The lowest BCUT2D eigenvalue weighted by atomic mass is 10.3. The van der Waals surface area contributed by atoms with Gasteiger partial charge >= 0.3 is 0 Å². The Morgan fingerprint density at radius 2 is 2.11 bits per heavy atom. The van der Waals surface area contributed by atoms with Gasteiger partial charge in [-0.25, -0.2) is 4.98 Å². The Kier molecular flexibility index (Phi) is 4.50. The molecule has 6 heteroatoms. The normalized spacial score (nSPS) is 12.2. The molecular weight excluding hydrogens is 282 g/mol. The van der Waals surface area contributed by atoms with Crippen LogP contribution in [0.3, 0.4) is 0 Å². The van der Waals surface area contributed by atoms with Crippen LogP contribution in [0.2, 0.25) is 5.02 Å². The number of hydrogen-bond acceptors (Lipinski definition) is 3. The molecule has 0 fully saturated rings. The number of nitrogens with one attached hydrogen (secondary N) is 1. The monoisotopic (exact) mass is 295 g/mol. The lowest BCUT2D eigenvalue weighted by Gasteiger charge is -2.11. The summed E-state index contributed by atoms with van der Waals surface area (Å²) in [5.74, 6) is -0.0599. The number of carbonyl (C=O) groups is 1. The molecule has 1 aromatic carbocycles. The zero-order valence-corrected chi connectivity index (χ0v) is 12.2. The third kappa shape index (κ3) is 3.75. The molecule has 0 saturated carbocycles. The molecule has 0 saturated heterocycles. The first-order chi connectivity index (χ1) is 9.06. The second-order valence-electron chi connectivity index (χ2n) is 4.08. The molecule has 2 aromatic rings. The molecular formula is C13H14ClN3OS. The van der Waals surface area contributed by atoms with Gasteiger partial charge in [0.25, 0.3) is 0 Å². The van der Waals surface area contributed by atoms with E-state index in [4.69, 9.17) is 11.6 Å². The Morgan fingerprint density at radius 1 is 1.42 bits per heavy atom. The number of aromatic nitrogens is 2. The molecule has 1 atom stereocenters. The molecule has 0 aliphatic carbocycles. The van der Waals surface area contributed by atoms with E-state index >= 15 is 0 Å². The summed E-state index contributed by atoms with van der Waals surface area (Å²) in [7, 11) is 1.90. The number of anilines is 1. The fourth-order valence-corrected chi connectivity index (χ4v) is 2.41. The van der Waals surface area contributed by atoms with Crippen molar-refractivity contribution in [3.63, 3.8) is 0 Å². The van der Waals surface area contributed by atoms with Crippen LogP contribution in [0.15, 0.2) is 41.8 Å². The van der Waals surface area contributed by atoms with Crippen molar-refractivity contribution in [2.75, 3.05) is 5.32 Å². The van der Waals surface area contributed by atoms with E-state index in [1.165, 1.54) is 11.8 Å². The summed E-state index contributed by atoms with van der Waals surface area (Å²) in [5, 5.41) is 4.09. The third-order valence-electron chi connectivity index (χ3n) is 2.54. The van der Waals surface area contributed by atoms with Gasteiger partial charge in [-0.1, -0.05) is 23.4 Å². The molecule has 0 aliphatic rings. The van der Waals surface area contributed by atoms with Crippen LogP contribution >= 0.6 is 23.4 Å². The molecule has 0 spiro atoms. The van der Waals surface area contributed by atoms with E-state index in [1.54, 1.807) is 30.5 Å². The lowest BCUT2D eigenvalue weighted by Crippen LogP contribution is -2.22. The van der Waals surface area contributed by atoms with E-state index in [0.717, 1.165) is 10.8 Å². The summed E-state index contributed by atoms with van der Waals surface area (Å²) in [6.07, 6.45) is 3.57. The number of imidazole rings is 1. The number of amides is 1. The number of benzene rings is 1. The highest BCUT2D eigenvalue weighted by Gasteiger charge is 2.16. The maximum absolute atomic E-state index is 12.0. The van der Waals surface area contributed by atoms with E-state index in [9.17, 15) is 4.79 Å². The van der Waals surface area contributed by atoms with Crippen molar-refractivity contribution in [3.8, 4) is 0 Å². The van der Waals surface area contributed by atoms with Crippen LogP contribution < -0.4 is 5.32 Å². The van der Waals surface area contributed by atoms with Crippen molar-refractivity contribution >= 4 is 35.0 Å². The van der Waals surface area contributed by atoms with Crippen molar-refractivity contribution in [3.05, 3.63) is 41.7 Å². The van der Waals surface area contributed by atoms with Crippen LogP contribution in [-0.2, 0) is 11.8 Å². The number of halogens is 1. The molecule has 4 nitrogen and oxygen atoms in total. The number of aryl methyl sites for hydroxylation is 1. The van der Waals surface area contributed by atoms with Crippen LogP contribution in [0.25, 0.3) is 0 Å². The van der Waals surface area contributed by atoms with Crippen molar-refractivity contribution in [1.29, 1.82) is 0 Å². The van der Waals surface area contributed by atoms with E-state index in [0.29, 0.717) is 5.02 Å². The Morgan fingerprint density at radius 3 is 2.68 bits per heavy atom. The van der Waals surface area contributed by atoms with Crippen LogP contribution in [0, 0.1) is 0 Å². The summed E-state index contributed by atoms with van der Waals surface area (Å²) >= 11 is 7.22. The minimum absolute atomic E-state index is 0.0599. The summed E-state index contributed by atoms with van der Waals surface area (Å²) in [6, 6.07) is 7.04. The topological polar surface area (TPSA) is 46.9 Å². The zero-order chi connectivity index (χ0) is 13.8. The Labute approximate surface area is 121 Å². The predicted molar refractivity (Wildman–Crippen MR) is 78.6 cm³/mol. The van der Waals surface area contributed by atoms with Crippen LogP contribution in [0.4, 0.5) is 5.69 Å². The molecule has 19 heavy (non-hydrogen) atoms. The van der Waals surface area contributed by atoms with Gasteiger partial charge < -0.3 is 9.88 Å². The van der Waals surface area contributed by atoms with Crippen molar-refractivity contribution in [2.45, 2.75) is 17.3 Å². The van der Waals surface area contributed by atoms with E-state index in [1.807, 2.05) is 24.7 Å². The highest BCUT2D eigenvalue weighted by molar-refractivity contribution is 8.00. The largest absolute Gasteiger partial charge is 0.329 e. The van der Waals surface area contributed by atoms with E-state index in [2.05, 4.69) is 10.3 Å². The maximum atomic E-state index is 12.0. The molecule has 0 radical (unpaired) electrons. The van der Waals surface area contributed by atoms with Gasteiger partial charge in [0.05, 0.1) is 5.25 Å². The fourth-order valence-electron chi connectivity index (χ4n) is 1.45. The second kappa shape index (κ2) is 6.12. The molecule has 1 heterocycles. The number of nitrogens with zero attached hydrogens (tertiary/aromatic N) is 2. The predicted octanol–water partition coefficient (Wildman–Crippen LogP) is 3.19. The van der Waals surface area contributed by atoms with Gasteiger partial charge in [-0.2, -0.15) is 0 Å². The Balaban J connectivity index is 1.96. The van der Waals surface area contributed by atoms with Gasteiger partial charge in [0.15, 0.2) is 5.16 Å². The molecule has 0 unspecified atom stereocenters. The highest BCUT2D eigenvalue weighted by Crippen LogP contribution is 2.22. The fraction of sp³-hybridized carbons (Fsp3) is 0.231. The Hall–Kier alpha value is -1.46. The summed E-state index contributed by atoms with van der Waals surface area (Å²) in [5.41, 5.74) is 0.738. The zero-order valence-electron chi connectivity index (χ0n) is 10.6. The van der Waals surface area contributed by atoms with E-state index < -0.39 is 0 Å². The van der Waals surface area contributed by atoms with Gasteiger partial charge in [0.2, 0.25) is 5.91 Å². The standard InChI is InChI=1S/C13H14ClN3OS/c1-9(19-13-15-7-8-17(13)2)12(18)16-11-5-3-10(14)4-6-11/h3-9H,1-2H3,(H,16,18)/t9-/m1/s1. The summed E-state index contributed by atoms with van der Waals surface area (Å²) in [4.78, 5) is 16.2. The molecule has 0 bridgehead atoms. The van der Waals surface area contributed by atoms with Crippen molar-refractivity contribution < 1.29 is 4.79 Å². The lowest BCUT2D eigenvalue weighted by molar-refractivity contribution is -0.115. The summed E-state index contributed by atoms with van der Waals surface area (Å²) < 4.78 is 1.89. The molecule has 2 rings (SSSR count). The van der Waals surface area contributed by atoms with Crippen LogP contribution in [0.5, 0.6) is 0 Å². The average molecular weight is 296 g/mol. The van der Waals surface area contributed by atoms with Gasteiger partial charge in [-0.15, -0.1) is 0 Å². The van der Waals surface area contributed by atoms with Crippen LogP contribution in [0.1, 0.15) is 6.92 Å².